The molecule has 0 bridgehead atoms. The molecule has 2 aromatic rings. The molecule has 106 valence electrons. The molecule has 9 heteroatoms. The van der Waals surface area contributed by atoms with E-state index < -0.39 is 10.0 Å². The number of hydrogen-bond acceptors (Lipinski definition) is 6. The van der Waals surface area contributed by atoms with Crippen LogP contribution in [0.25, 0.3) is 0 Å². The van der Waals surface area contributed by atoms with Crippen molar-refractivity contribution in [3.05, 3.63) is 41.3 Å². The Kier molecular flexibility index (Phi) is 4.07. The van der Waals surface area contributed by atoms with Crippen molar-refractivity contribution in [1.82, 2.24) is 14.8 Å². The lowest BCUT2D eigenvalue weighted by Gasteiger charge is -2.10. The van der Waals surface area contributed by atoms with Gasteiger partial charge in [0.25, 0.3) is 10.0 Å². The Balaban J connectivity index is 2.17. The molecule has 2 rings (SSSR count). The predicted octanol–water partition coefficient (Wildman–Crippen LogP) is 1.33. The van der Waals surface area contributed by atoms with Crippen molar-refractivity contribution in [1.29, 1.82) is 0 Å². The van der Waals surface area contributed by atoms with E-state index in [9.17, 15) is 8.42 Å². The van der Waals surface area contributed by atoms with Gasteiger partial charge < -0.3 is 5.73 Å². The van der Waals surface area contributed by atoms with E-state index in [-0.39, 0.29) is 21.6 Å². The molecule has 0 radical (unpaired) electrons. The SMILES string of the molecule is Cc1ccc(S(=O)(=O)NNc2ncnc(Cl)c2N)cc1. The summed E-state index contributed by atoms with van der Waals surface area (Å²) in [7, 11) is -3.73. The molecule has 0 saturated heterocycles. The smallest absolute Gasteiger partial charge is 0.257 e. The molecular weight excluding hydrogens is 302 g/mol. The minimum absolute atomic E-state index is 0.0389. The van der Waals surface area contributed by atoms with Crippen molar-refractivity contribution < 1.29 is 8.42 Å². The van der Waals surface area contributed by atoms with Gasteiger partial charge in [0.05, 0.1) is 4.90 Å². The summed E-state index contributed by atoms with van der Waals surface area (Å²) in [5.41, 5.74) is 9.04. The van der Waals surface area contributed by atoms with Crippen molar-refractivity contribution >= 4 is 33.1 Å². The van der Waals surface area contributed by atoms with Gasteiger partial charge in [-0.2, -0.15) is 0 Å². The monoisotopic (exact) mass is 313 g/mol. The first-order chi connectivity index (χ1) is 9.40. The molecule has 1 aromatic heterocycles. The molecular formula is C11H12ClN5O2S. The van der Waals surface area contributed by atoms with Crippen LogP contribution in [0.3, 0.4) is 0 Å². The van der Waals surface area contributed by atoms with Crippen LogP contribution in [-0.2, 0) is 10.0 Å². The van der Waals surface area contributed by atoms with Crippen LogP contribution in [0.5, 0.6) is 0 Å². The number of nitrogens with one attached hydrogen (secondary N) is 2. The molecule has 7 nitrogen and oxygen atoms in total. The molecule has 0 fully saturated rings. The lowest BCUT2D eigenvalue weighted by Crippen LogP contribution is -2.30. The van der Waals surface area contributed by atoms with Crippen LogP contribution < -0.4 is 16.0 Å². The van der Waals surface area contributed by atoms with Crippen LogP contribution in [-0.4, -0.2) is 18.4 Å². The fourth-order valence-electron chi connectivity index (χ4n) is 1.37. The van der Waals surface area contributed by atoms with Gasteiger partial charge in [0.1, 0.15) is 12.0 Å². The zero-order chi connectivity index (χ0) is 14.8. The quantitative estimate of drug-likeness (QED) is 0.580. The minimum atomic E-state index is -3.73. The zero-order valence-corrected chi connectivity index (χ0v) is 12.0. The first kappa shape index (κ1) is 14.5. The standard InChI is InChI=1S/C11H12ClN5O2S/c1-7-2-4-8(5-3-7)20(18,19)17-16-11-9(13)10(12)14-6-15-11/h2-6,17H,13H2,1H3,(H,14,15,16). The fourth-order valence-corrected chi connectivity index (χ4v) is 2.34. The fraction of sp³-hybridized carbons (Fsp3) is 0.0909. The Morgan fingerprint density at radius 2 is 1.85 bits per heavy atom. The van der Waals surface area contributed by atoms with Gasteiger partial charge >= 0.3 is 0 Å². The largest absolute Gasteiger partial charge is 0.393 e. The molecule has 0 amide bonds. The normalized spacial score (nSPS) is 11.3. The number of rotatable bonds is 4. The summed E-state index contributed by atoms with van der Waals surface area (Å²) in [5.74, 6) is 0.0840. The van der Waals surface area contributed by atoms with Crippen LogP contribution in [0.15, 0.2) is 35.5 Å². The second kappa shape index (κ2) is 5.61. The Labute approximate surface area is 121 Å². The average molecular weight is 314 g/mol. The first-order valence-corrected chi connectivity index (χ1v) is 7.37. The summed E-state index contributed by atoms with van der Waals surface area (Å²) in [6, 6.07) is 6.39. The maximum Gasteiger partial charge on any atom is 0.257 e. The highest BCUT2D eigenvalue weighted by Gasteiger charge is 2.14. The predicted molar refractivity (Wildman–Crippen MR) is 76.6 cm³/mol. The highest BCUT2D eigenvalue weighted by atomic mass is 35.5. The highest BCUT2D eigenvalue weighted by molar-refractivity contribution is 7.89. The molecule has 0 aliphatic carbocycles. The number of aryl methyl sites for hydroxylation is 1. The summed E-state index contributed by atoms with van der Waals surface area (Å²) >= 11 is 5.70. The van der Waals surface area contributed by atoms with E-state index in [0.717, 1.165) is 5.56 Å². The number of nitrogen functional groups attached to an aromatic ring is 1. The zero-order valence-electron chi connectivity index (χ0n) is 10.5. The Morgan fingerprint density at radius 3 is 2.50 bits per heavy atom. The lowest BCUT2D eigenvalue weighted by atomic mass is 10.2. The lowest BCUT2D eigenvalue weighted by molar-refractivity contribution is 0.587. The second-order valence-electron chi connectivity index (χ2n) is 3.97. The molecule has 20 heavy (non-hydrogen) atoms. The average Bonchev–Trinajstić information content (AvgIpc) is 2.41. The number of nitrogens with two attached hydrogens (primary N) is 1. The minimum Gasteiger partial charge on any atom is -0.393 e. The van der Waals surface area contributed by atoms with Crippen LogP contribution in [0, 0.1) is 6.92 Å². The number of anilines is 2. The van der Waals surface area contributed by atoms with E-state index in [1.54, 1.807) is 12.1 Å². The summed E-state index contributed by atoms with van der Waals surface area (Å²) in [5, 5.41) is 0.0389. The van der Waals surface area contributed by atoms with Gasteiger partial charge in [-0.15, -0.1) is 4.83 Å². The molecule has 0 aliphatic heterocycles. The maximum atomic E-state index is 12.0. The molecule has 1 heterocycles. The second-order valence-corrected chi connectivity index (χ2v) is 6.01. The van der Waals surface area contributed by atoms with Crippen LogP contribution in [0.4, 0.5) is 11.5 Å². The van der Waals surface area contributed by atoms with Crippen molar-refractivity contribution in [2.45, 2.75) is 11.8 Å². The number of hydrazine groups is 1. The summed E-state index contributed by atoms with van der Waals surface area (Å²) in [6.07, 6.45) is 1.17. The molecule has 0 spiro atoms. The third kappa shape index (κ3) is 3.16. The van der Waals surface area contributed by atoms with E-state index in [2.05, 4.69) is 20.2 Å². The molecule has 0 aliphatic rings. The Bertz CT molecular complexity index is 718. The van der Waals surface area contributed by atoms with Gasteiger partial charge in [-0.05, 0) is 19.1 Å². The van der Waals surface area contributed by atoms with E-state index in [1.165, 1.54) is 18.5 Å². The van der Waals surface area contributed by atoms with Crippen molar-refractivity contribution in [2.75, 3.05) is 11.2 Å². The molecule has 0 saturated carbocycles. The first-order valence-electron chi connectivity index (χ1n) is 5.50. The molecule has 1 aromatic carbocycles. The number of aromatic nitrogens is 2. The maximum absolute atomic E-state index is 12.0. The highest BCUT2D eigenvalue weighted by Crippen LogP contribution is 2.21. The summed E-state index contributed by atoms with van der Waals surface area (Å²) in [6.45, 7) is 1.87. The van der Waals surface area contributed by atoms with Crippen molar-refractivity contribution in [2.24, 2.45) is 0 Å². The van der Waals surface area contributed by atoms with Gasteiger partial charge in [-0.3, -0.25) is 5.43 Å². The third-order valence-corrected chi connectivity index (χ3v) is 4.04. The van der Waals surface area contributed by atoms with Crippen molar-refractivity contribution in [3.8, 4) is 0 Å². The van der Waals surface area contributed by atoms with E-state index >= 15 is 0 Å². The summed E-state index contributed by atoms with van der Waals surface area (Å²) < 4.78 is 24.0. The number of halogens is 1. The van der Waals surface area contributed by atoms with Gasteiger partial charge in [0.2, 0.25) is 0 Å². The topological polar surface area (TPSA) is 110 Å². The number of nitrogens with zero attached hydrogens (tertiary/aromatic N) is 2. The van der Waals surface area contributed by atoms with Crippen LogP contribution >= 0.6 is 11.6 Å². The molecule has 0 atom stereocenters. The van der Waals surface area contributed by atoms with Gasteiger partial charge in [0, 0.05) is 0 Å². The molecule has 4 N–H and O–H groups in total. The van der Waals surface area contributed by atoms with E-state index in [1.807, 2.05) is 6.92 Å². The third-order valence-electron chi connectivity index (χ3n) is 2.47. The number of benzene rings is 1. The van der Waals surface area contributed by atoms with Gasteiger partial charge in [-0.1, -0.05) is 29.3 Å². The van der Waals surface area contributed by atoms with Crippen LogP contribution in [0.1, 0.15) is 5.56 Å². The number of hydrogen-bond donors (Lipinski definition) is 3. The Hall–Kier alpha value is -1.90. The van der Waals surface area contributed by atoms with Crippen LogP contribution in [0.2, 0.25) is 5.15 Å². The van der Waals surface area contributed by atoms with Crippen molar-refractivity contribution in [3.63, 3.8) is 0 Å². The van der Waals surface area contributed by atoms with Gasteiger partial charge in [0.15, 0.2) is 11.0 Å². The van der Waals surface area contributed by atoms with E-state index in [0.29, 0.717) is 0 Å². The van der Waals surface area contributed by atoms with Gasteiger partial charge in [-0.25, -0.2) is 18.4 Å². The Morgan fingerprint density at radius 1 is 1.20 bits per heavy atom. The van der Waals surface area contributed by atoms with E-state index in [4.69, 9.17) is 17.3 Å². The number of sulfonamides is 1. The molecule has 0 unspecified atom stereocenters. The summed E-state index contributed by atoms with van der Waals surface area (Å²) in [4.78, 5) is 9.75.